The molecule has 11 nitrogen and oxygen atoms in total. The first-order valence-corrected chi connectivity index (χ1v) is 13.0. The lowest BCUT2D eigenvalue weighted by molar-refractivity contribution is -0.135. The molecule has 1 aliphatic heterocycles. The Labute approximate surface area is 203 Å². The number of anilines is 2. The second kappa shape index (κ2) is 11.4. The van der Waals surface area contributed by atoms with Crippen molar-refractivity contribution in [3.8, 4) is 5.75 Å². The number of hydrogen-bond acceptors (Lipinski definition) is 8. The van der Waals surface area contributed by atoms with Crippen molar-refractivity contribution in [1.29, 1.82) is 0 Å². The Bertz CT molecular complexity index is 1150. The van der Waals surface area contributed by atoms with Crippen molar-refractivity contribution >= 4 is 33.3 Å². The largest absolute Gasteiger partial charge is 0.506 e. The molecule has 1 atom stereocenters. The number of nitrogens with zero attached hydrogens (tertiary/aromatic N) is 1. The molecule has 0 aromatic heterocycles. The summed E-state index contributed by atoms with van der Waals surface area (Å²) in [5.41, 5.74) is 1.85. The van der Waals surface area contributed by atoms with E-state index in [1.54, 1.807) is 18.2 Å². The van der Waals surface area contributed by atoms with Crippen LogP contribution in [-0.4, -0.2) is 74.1 Å². The zero-order valence-corrected chi connectivity index (χ0v) is 20.1. The quantitative estimate of drug-likeness (QED) is 0.256. The van der Waals surface area contributed by atoms with E-state index in [2.05, 4.69) is 20.3 Å². The predicted molar refractivity (Wildman–Crippen MR) is 131 cm³/mol. The lowest BCUT2D eigenvalue weighted by Gasteiger charge is -2.34. The molecular weight excluding hydrogens is 476 g/mol. The van der Waals surface area contributed by atoms with Crippen molar-refractivity contribution in [2.75, 3.05) is 42.1 Å². The minimum atomic E-state index is -3.57. The number of piperidine rings is 1. The van der Waals surface area contributed by atoms with Gasteiger partial charge in [0.15, 0.2) is 0 Å². The van der Waals surface area contributed by atoms with E-state index < -0.39 is 34.5 Å². The first kappa shape index (κ1) is 26.3. The Morgan fingerprint density at radius 2 is 1.77 bits per heavy atom. The summed E-state index contributed by atoms with van der Waals surface area (Å²) < 4.78 is 25.1. The van der Waals surface area contributed by atoms with Gasteiger partial charge in [0, 0.05) is 36.9 Å². The molecule has 1 saturated heterocycles. The standard InChI is InChI=1S/C23H30N4O7S/c1-35(33,34)26-19-12-16(4-7-20(19)28)21(29)13-24-17-8-10-27(11-9-17)18-5-2-15(3-6-18)23(32)25-14-22(30)31/h2-7,12,17,21,24,26,28-29H,8-11,13-14H2,1H3,(H,25,32)(H,30,31)/t21-/m1/s1. The van der Waals surface area contributed by atoms with Gasteiger partial charge >= 0.3 is 5.97 Å². The van der Waals surface area contributed by atoms with Gasteiger partial charge in [0.25, 0.3) is 5.91 Å². The maximum Gasteiger partial charge on any atom is 0.322 e. The number of nitrogens with one attached hydrogen (secondary N) is 3. The van der Waals surface area contributed by atoms with Crippen LogP contribution in [-0.2, 0) is 14.8 Å². The van der Waals surface area contributed by atoms with Crippen LogP contribution in [0.15, 0.2) is 42.5 Å². The van der Waals surface area contributed by atoms with Crippen molar-refractivity contribution in [1.82, 2.24) is 10.6 Å². The average Bonchev–Trinajstić information content (AvgIpc) is 2.82. The van der Waals surface area contributed by atoms with Gasteiger partial charge < -0.3 is 30.9 Å². The number of benzene rings is 2. The third-order valence-electron chi connectivity index (χ3n) is 5.69. The van der Waals surface area contributed by atoms with E-state index in [0.717, 1.165) is 37.9 Å². The molecule has 0 saturated carbocycles. The van der Waals surface area contributed by atoms with E-state index in [1.807, 2.05) is 12.1 Å². The number of carboxylic acids is 1. The van der Waals surface area contributed by atoms with Crippen molar-refractivity contribution in [3.05, 3.63) is 53.6 Å². The van der Waals surface area contributed by atoms with E-state index in [0.29, 0.717) is 11.1 Å². The maximum absolute atomic E-state index is 11.9. The highest BCUT2D eigenvalue weighted by atomic mass is 32.2. The number of hydrogen-bond donors (Lipinski definition) is 6. The minimum Gasteiger partial charge on any atom is -0.506 e. The summed E-state index contributed by atoms with van der Waals surface area (Å²) in [5.74, 6) is -1.76. The Morgan fingerprint density at radius 1 is 1.11 bits per heavy atom. The van der Waals surface area contributed by atoms with Crippen LogP contribution in [0.5, 0.6) is 5.75 Å². The molecule has 190 valence electrons. The Kier molecular flexibility index (Phi) is 8.54. The normalized spacial score (nSPS) is 15.4. The minimum absolute atomic E-state index is 0.0164. The Morgan fingerprint density at radius 3 is 2.37 bits per heavy atom. The number of phenolic OH excluding ortho intramolecular Hbond substituents is 1. The number of phenols is 1. The van der Waals surface area contributed by atoms with Crippen LogP contribution >= 0.6 is 0 Å². The molecule has 35 heavy (non-hydrogen) atoms. The summed E-state index contributed by atoms with van der Waals surface area (Å²) >= 11 is 0. The summed E-state index contributed by atoms with van der Waals surface area (Å²) in [6.45, 7) is 1.40. The SMILES string of the molecule is CS(=O)(=O)Nc1cc([C@H](O)CNC2CCN(c3ccc(C(=O)NCC(=O)O)cc3)CC2)ccc1O. The molecular formula is C23H30N4O7S. The third kappa shape index (κ3) is 7.84. The van der Waals surface area contributed by atoms with Crippen molar-refractivity contribution in [3.63, 3.8) is 0 Å². The number of aliphatic hydroxyl groups is 1. The van der Waals surface area contributed by atoms with Gasteiger partial charge in [-0.3, -0.25) is 14.3 Å². The average molecular weight is 507 g/mol. The van der Waals surface area contributed by atoms with Crippen LogP contribution in [0.2, 0.25) is 0 Å². The van der Waals surface area contributed by atoms with Gasteiger partial charge in [-0.25, -0.2) is 8.42 Å². The lowest BCUT2D eigenvalue weighted by Crippen LogP contribution is -2.43. The number of carbonyl (C=O) groups is 2. The molecule has 0 radical (unpaired) electrons. The smallest absolute Gasteiger partial charge is 0.322 e. The van der Waals surface area contributed by atoms with Gasteiger partial charge in [0.05, 0.1) is 18.0 Å². The summed E-state index contributed by atoms with van der Waals surface area (Å²) in [5, 5.41) is 34.7. The molecule has 6 N–H and O–H groups in total. The maximum atomic E-state index is 11.9. The lowest BCUT2D eigenvalue weighted by atomic mass is 10.0. The number of carbonyl (C=O) groups excluding carboxylic acids is 1. The Balaban J connectivity index is 1.48. The molecule has 0 aliphatic carbocycles. The molecule has 2 aromatic carbocycles. The molecule has 1 amide bonds. The molecule has 2 aromatic rings. The monoisotopic (exact) mass is 506 g/mol. The number of rotatable bonds is 10. The first-order valence-electron chi connectivity index (χ1n) is 11.1. The number of aliphatic hydroxyl groups excluding tert-OH is 1. The summed E-state index contributed by atoms with van der Waals surface area (Å²) in [6, 6.07) is 11.5. The van der Waals surface area contributed by atoms with Crippen LogP contribution in [0.1, 0.15) is 34.9 Å². The summed E-state index contributed by atoms with van der Waals surface area (Å²) in [6.07, 6.45) is 1.78. The van der Waals surface area contributed by atoms with E-state index in [4.69, 9.17) is 5.11 Å². The highest BCUT2D eigenvalue weighted by Gasteiger charge is 2.21. The van der Waals surface area contributed by atoms with Crippen LogP contribution < -0.4 is 20.3 Å². The molecule has 0 unspecified atom stereocenters. The van der Waals surface area contributed by atoms with Gasteiger partial charge in [-0.1, -0.05) is 6.07 Å². The summed E-state index contributed by atoms with van der Waals surface area (Å²) in [4.78, 5) is 24.7. The first-order chi connectivity index (χ1) is 16.5. The number of amides is 1. The van der Waals surface area contributed by atoms with E-state index in [-0.39, 0.29) is 24.0 Å². The zero-order valence-electron chi connectivity index (χ0n) is 19.3. The van der Waals surface area contributed by atoms with Crippen LogP contribution in [0.3, 0.4) is 0 Å². The molecule has 1 fully saturated rings. The third-order valence-corrected chi connectivity index (χ3v) is 6.28. The second-order valence-corrected chi connectivity index (χ2v) is 10.2. The van der Waals surface area contributed by atoms with Gasteiger partial charge in [-0.15, -0.1) is 0 Å². The summed E-state index contributed by atoms with van der Waals surface area (Å²) in [7, 11) is -3.57. The highest BCUT2D eigenvalue weighted by Crippen LogP contribution is 2.28. The predicted octanol–water partition coefficient (Wildman–Crippen LogP) is 0.870. The van der Waals surface area contributed by atoms with Crippen molar-refractivity contribution in [2.45, 2.75) is 25.0 Å². The van der Waals surface area contributed by atoms with Gasteiger partial charge in [-0.2, -0.15) is 0 Å². The fraction of sp³-hybridized carbons (Fsp3) is 0.391. The molecule has 3 rings (SSSR count). The number of sulfonamides is 1. The fourth-order valence-electron chi connectivity index (χ4n) is 3.86. The van der Waals surface area contributed by atoms with Gasteiger partial charge in [-0.05, 0) is 54.8 Å². The van der Waals surface area contributed by atoms with E-state index in [1.165, 1.54) is 12.1 Å². The van der Waals surface area contributed by atoms with Crippen LogP contribution in [0.4, 0.5) is 11.4 Å². The van der Waals surface area contributed by atoms with Gasteiger partial charge in [0.1, 0.15) is 12.3 Å². The van der Waals surface area contributed by atoms with E-state index in [9.17, 15) is 28.2 Å². The van der Waals surface area contributed by atoms with Crippen molar-refractivity contribution < 1.29 is 33.3 Å². The zero-order chi connectivity index (χ0) is 25.6. The number of carboxylic acid groups (broad SMARTS) is 1. The van der Waals surface area contributed by atoms with Crippen LogP contribution in [0, 0.1) is 0 Å². The van der Waals surface area contributed by atoms with E-state index >= 15 is 0 Å². The molecule has 1 aliphatic rings. The van der Waals surface area contributed by atoms with Crippen LogP contribution in [0.25, 0.3) is 0 Å². The van der Waals surface area contributed by atoms with Gasteiger partial charge in [0.2, 0.25) is 10.0 Å². The highest BCUT2D eigenvalue weighted by molar-refractivity contribution is 7.92. The molecule has 1 heterocycles. The molecule has 0 spiro atoms. The fourth-order valence-corrected chi connectivity index (χ4v) is 4.42. The molecule has 0 bridgehead atoms. The van der Waals surface area contributed by atoms with Crippen molar-refractivity contribution in [2.24, 2.45) is 0 Å². The molecule has 12 heteroatoms. The second-order valence-electron chi connectivity index (χ2n) is 8.46. The Hall–Kier alpha value is -3.35. The topological polar surface area (TPSA) is 168 Å². The number of aliphatic carboxylic acids is 1. The number of aromatic hydroxyl groups is 1.